The quantitative estimate of drug-likeness (QED) is 0.499. The molecule has 0 radical (unpaired) electrons. The summed E-state index contributed by atoms with van der Waals surface area (Å²) in [6, 6.07) is 0. The second-order valence-electron chi connectivity index (χ2n) is 4.52. The average molecular weight is 389 g/mol. The highest BCUT2D eigenvalue weighted by Gasteiger charge is 1.99. The summed E-state index contributed by atoms with van der Waals surface area (Å²) in [4.78, 5) is 0. The minimum Gasteiger partial charge on any atom is -0.359 e. The molecule has 0 amide bonds. The molecule has 2 unspecified atom stereocenters. The maximum absolute atomic E-state index is 5.12. The van der Waals surface area contributed by atoms with Crippen molar-refractivity contribution in [1.29, 1.82) is 0 Å². The van der Waals surface area contributed by atoms with E-state index in [1.165, 1.54) is 0 Å². The molecule has 0 saturated carbocycles. The van der Waals surface area contributed by atoms with Gasteiger partial charge in [-0.25, -0.2) is 0 Å². The molecule has 0 spiro atoms. The fourth-order valence-corrected chi connectivity index (χ4v) is 1.06. The van der Waals surface area contributed by atoms with Crippen molar-refractivity contribution in [2.24, 2.45) is 0 Å². The van der Waals surface area contributed by atoms with Crippen LogP contribution in [0.15, 0.2) is 0 Å². The maximum Gasteiger partial charge on any atom is 0.156 e. The normalized spacial score (nSPS) is 12.0. The van der Waals surface area contributed by atoms with E-state index in [0.717, 1.165) is 19.6 Å². The third-order valence-corrected chi connectivity index (χ3v) is 2.58. The predicted molar refractivity (Wildman–Crippen MR) is 103 cm³/mol. The second kappa shape index (κ2) is 32.4. The van der Waals surface area contributed by atoms with E-state index in [1.54, 1.807) is 42.7 Å². The Bertz CT molecular complexity index is 198. The Morgan fingerprint density at radius 3 is 1.08 bits per heavy atom. The number of hydrogen-bond acceptors (Lipinski definition) is 8. The molecule has 0 heterocycles. The molecule has 0 aliphatic carbocycles. The van der Waals surface area contributed by atoms with E-state index in [9.17, 15) is 0 Å². The Kier molecular flexibility index (Phi) is 41.4. The highest BCUT2D eigenvalue weighted by molar-refractivity contribution is 4.34. The standard InChI is InChI=1S/C6H14O2.C5H12O2.C4H10O2.C3H8O2/c1-4-6(7-3)8-5-2;1-4-7-5(2)6-3;1-4(5-2)6-3;1-4-3-5-2/h6H,4-5H2,1-3H3;5H,4H2,1-3H3;4H,1-3H3;3H2,1-2H3. The molecule has 26 heavy (non-hydrogen) atoms. The van der Waals surface area contributed by atoms with Crippen molar-refractivity contribution in [2.75, 3.05) is 62.7 Å². The lowest BCUT2D eigenvalue weighted by atomic mass is 10.5. The predicted octanol–water partition coefficient (Wildman–Crippen LogP) is 3.28. The summed E-state index contributed by atoms with van der Waals surface area (Å²) in [5, 5.41) is 0. The summed E-state index contributed by atoms with van der Waals surface area (Å²) in [6.07, 6.45) is 0.805. The molecule has 8 heteroatoms. The Balaban J connectivity index is -0.000000126. The summed E-state index contributed by atoms with van der Waals surface area (Å²) >= 11 is 0. The van der Waals surface area contributed by atoms with Crippen molar-refractivity contribution in [3.05, 3.63) is 0 Å². The van der Waals surface area contributed by atoms with Crippen LogP contribution >= 0.6 is 0 Å². The maximum atomic E-state index is 5.12. The second-order valence-corrected chi connectivity index (χ2v) is 4.52. The van der Waals surface area contributed by atoms with Gasteiger partial charge in [0.15, 0.2) is 18.9 Å². The highest BCUT2D eigenvalue weighted by atomic mass is 16.7. The average Bonchev–Trinajstić information content (AvgIpc) is 2.67. The molecule has 0 aliphatic rings. The van der Waals surface area contributed by atoms with Crippen molar-refractivity contribution in [3.8, 4) is 0 Å². The van der Waals surface area contributed by atoms with Crippen LogP contribution in [0.2, 0.25) is 0 Å². The van der Waals surface area contributed by atoms with E-state index in [-0.39, 0.29) is 18.9 Å². The van der Waals surface area contributed by atoms with Crippen LogP contribution in [0.4, 0.5) is 0 Å². The number of ether oxygens (including phenoxy) is 8. The zero-order valence-corrected chi connectivity index (χ0v) is 18.8. The van der Waals surface area contributed by atoms with Crippen LogP contribution in [-0.2, 0) is 37.9 Å². The van der Waals surface area contributed by atoms with E-state index in [0.29, 0.717) is 6.79 Å². The lowest BCUT2D eigenvalue weighted by Gasteiger charge is -2.11. The molecule has 0 aromatic carbocycles. The van der Waals surface area contributed by atoms with E-state index in [2.05, 4.69) is 18.9 Å². The lowest BCUT2D eigenvalue weighted by Crippen LogP contribution is -2.12. The van der Waals surface area contributed by atoms with Gasteiger partial charge in [-0.15, -0.1) is 0 Å². The topological polar surface area (TPSA) is 73.8 Å². The van der Waals surface area contributed by atoms with Gasteiger partial charge in [0.05, 0.1) is 0 Å². The third-order valence-electron chi connectivity index (χ3n) is 2.58. The van der Waals surface area contributed by atoms with Gasteiger partial charge < -0.3 is 37.9 Å². The van der Waals surface area contributed by atoms with Gasteiger partial charge in [0.1, 0.15) is 6.79 Å². The van der Waals surface area contributed by atoms with Gasteiger partial charge in [0.2, 0.25) is 0 Å². The summed E-state index contributed by atoms with van der Waals surface area (Å²) in [5.41, 5.74) is 0. The Morgan fingerprint density at radius 2 is 1.00 bits per heavy atom. The first-order valence-corrected chi connectivity index (χ1v) is 8.70. The molecule has 0 saturated heterocycles. The van der Waals surface area contributed by atoms with Gasteiger partial charge in [-0.1, -0.05) is 6.92 Å². The molecule has 0 aromatic rings. The minimum atomic E-state index is -0.0648. The molecule has 0 rings (SSSR count). The van der Waals surface area contributed by atoms with Gasteiger partial charge in [0.25, 0.3) is 0 Å². The third kappa shape index (κ3) is 39.0. The smallest absolute Gasteiger partial charge is 0.156 e. The molecular weight excluding hydrogens is 344 g/mol. The Hall–Kier alpha value is -0.320. The number of hydrogen-bond donors (Lipinski definition) is 0. The largest absolute Gasteiger partial charge is 0.359 e. The van der Waals surface area contributed by atoms with Gasteiger partial charge in [-0.2, -0.15) is 0 Å². The van der Waals surface area contributed by atoms with E-state index >= 15 is 0 Å². The van der Waals surface area contributed by atoms with Crippen LogP contribution in [0.3, 0.4) is 0 Å². The first-order chi connectivity index (χ1) is 12.4. The molecule has 8 nitrogen and oxygen atoms in total. The molecule has 164 valence electrons. The van der Waals surface area contributed by atoms with Crippen molar-refractivity contribution < 1.29 is 37.9 Å². The zero-order chi connectivity index (χ0) is 21.2. The molecule has 0 aliphatic heterocycles. The van der Waals surface area contributed by atoms with Crippen molar-refractivity contribution in [3.63, 3.8) is 0 Å². The van der Waals surface area contributed by atoms with Crippen LogP contribution in [0.5, 0.6) is 0 Å². The summed E-state index contributed by atoms with van der Waals surface area (Å²) < 4.78 is 38.1. The minimum absolute atomic E-state index is 0.000000000000000444. The molecule has 0 bridgehead atoms. The van der Waals surface area contributed by atoms with Gasteiger partial charge >= 0.3 is 0 Å². The van der Waals surface area contributed by atoms with E-state index < -0.39 is 0 Å². The SMILES string of the molecule is CCOC(C)OC.CCOC(CC)OC.COC(C)OC.COCOC. The van der Waals surface area contributed by atoms with Gasteiger partial charge in [-0.3, -0.25) is 0 Å². The van der Waals surface area contributed by atoms with Crippen LogP contribution in [0.1, 0.15) is 41.0 Å². The van der Waals surface area contributed by atoms with Gasteiger partial charge in [0, 0.05) is 55.9 Å². The van der Waals surface area contributed by atoms with E-state index in [4.69, 9.17) is 18.9 Å². The molecule has 0 N–H and O–H groups in total. The first-order valence-electron chi connectivity index (χ1n) is 8.70. The summed E-state index contributed by atoms with van der Waals surface area (Å²) in [7, 11) is 9.67. The fraction of sp³-hybridized carbons (Fsp3) is 1.00. The van der Waals surface area contributed by atoms with Gasteiger partial charge in [-0.05, 0) is 34.1 Å². The molecule has 2 atom stereocenters. The number of methoxy groups -OCH3 is 6. The highest BCUT2D eigenvalue weighted by Crippen LogP contribution is 1.96. The van der Waals surface area contributed by atoms with Crippen molar-refractivity contribution in [2.45, 2.75) is 59.9 Å². The Morgan fingerprint density at radius 1 is 0.577 bits per heavy atom. The monoisotopic (exact) mass is 388 g/mol. The summed E-state index contributed by atoms with van der Waals surface area (Å²) in [6.45, 7) is 11.5. The van der Waals surface area contributed by atoms with Crippen LogP contribution in [0, 0.1) is 0 Å². The first kappa shape index (κ1) is 33.3. The van der Waals surface area contributed by atoms with Crippen LogP contribution in [0.25, 0.3) is 0 Å². The van der Waals surface area contributed by atoms with E-state index in [1.807, 2.05) is 34.6 Å². The zero-order valence-electron chi connectivity index (χ0n) is 18.8. The van der Waals surface area contributed by atoms with Crippen LogP contribution < -0.4 is 0 Å². The van der Waals surface area contributed by atoms with Crippen LogP contribution in [-0.4, -0.2) is 81.5 Å². The lowest BCUT2D eigenvalue weighted by molar-refractivity contribution is -0.120. The van der Waals surface area contributed by atoms with Crippen molar-refractivity contribution >= 4 is 0 Å². The summed E-state index contributed by atoms with van der Waals surface area (Å²) in [5.74, 6) is 0. The molecular formula is C18H44O8. The van der Waals surface area contributed by atoms with Crippen molar-refractivity contribution in [1.82, 2.24) is 0 Å². The Labute approximate surface area is 161 Å². The molecule has 0 aromatic heterocycles. The fourth-order valence-electron chi connectivity index (χ4n) is 1.06. The number of rotatable bonds is 11. The molecule has 0 fully saturated rings.